The second-order valence-corrected chi connectivity index (χ2v) is 4.24. The average Bonchev–Trinajstić information content (AvgIpc) is 2.38. The highest BCUT2D eigenvalue weighted by atomic mass is 35.5. The van der Waals surface area contributed by atoms with Crippen molar-refractivity contribution in [3.8, 4) is 5.75 Å². The van der Waals surface area contributed by atoms with Crippen molar-refractivity contribution < 1.29 is 14.4 Å². The quantitative estimate of drug-likeness (QED) is 0.623. The molecule has 1 aromatic carbocycles. The van der Waals surface area contributed by atoms with Crippen LogP contribution in [0.25, 0.3) is 0 Å². The van der Waals surface area contributed by atoms with Crippen molar-refractivity contribution in [3.05, 3.63) is 27.3 Å². The number of hydrogen-bond acceptors (Lipinski definition) is 5. The molecule has 1 heterocycles. The molecule has 0 aromatic heterocycles. The molecule has 1 aliphatic rings. The second-order valence-electron chi connectivity index (χ2n) is 3.83. The third-order valence-electron chi connectivity index (χ3n) is 2.78. The van der Waals surface area contributed by atoms with Gasteiger partial charge in [-0.1, -0.05) is 11.6 Å². The fourth-order valence-corrected chi connectivity index (χ4v) is 2.24. The number of nitro benzene ring substituents is 1. The van der Waals surface area contributed by atoms with Gasteiger partial charge in [-0.05, 0) is 0 Å². The molecule has 0 spiro atoms. The van der Waals surface area contributed by atoms with Gasteiger partial charge in [0.1, 0.15) is 11.4 Å². The molecule has 6 nitrogen and oxygen atoms in total. The van der Waals surface area contributed by atoms with Gasteiger partial charge in [0.05, 0.1) is 36.3 Å². The van der Waals surface area contributed by atoms with Gasteiger partial charge < -0.3 is 14.4 Å². The fraction of sp³-hybridized carbons (Fsp3) is 0.455. The zero-order chi connectivity index (χ0) is 13.1. The van der Waals surface area contributed by atoms with Crippen LogP contribution in [0, 0.1) is 10.1 Å². The van der Waals surface area contributed by atoms with Gasteiger partial charge in [-0.2, -0.15) is 0 Å². The summed E-state index contributed by atoms with van der Waals surface area (Å²) in [7, 11) is 1.45. The Balaban J connectivity index is 2.46. The van der Waals surface area contributed by atoms with Gasteiger partial charge in [0.25, 0.3) is 5.69 Å². The fourth-order valence-electron chi connectivity index (χ4n) is 1.92. The van der Waals surface area contributed by atoms with E-state index in [0.29, 0.717) is 42.8 Å². The summed E-state index contributed by atoms with van der Waals surface area (Å²) in [5.41, 5.74) is 0.395. The number of benzene rings is 1. The predicted molar refractivity (Wildman–Crippen MR) is 67.7 cm³/mol. The Morgan fingerprint density at radius 2 is 2.11 bits per heavy atom. The van der Waals surface area contributed by atoms with Gasteiger partial charge in [0.15, 0.2) is 0 Å². The first-order chi connectivity index (χ1) is 8.63. The van der Waals surface area contributed by atoms with E-state index in [1.165, 1.54) is 13.2 Å². The molecule has 1 aromatic rings. The molecule has 0 atom stereocenters. The molecule has 0 radical (unpaired) electrons. The first-order valence-electron chi connectivity index (χ1n) is 5.48. The molecule has 1 fully saturated rings. The van der Waals surface area contributed by atoms with Crippen LogP contribution in [0.4, 0.5) is 11.4 Å². The van der Waals surface area contributed by atoms with E-state index in [1.807, 2.05) is 4.90 Å². The SMILES string of the molecule is COc1cc(Cl)c(N2CCOCC2)c([N+](=O)[O-])c1. The van der Waals surface area contributed by atoms with Crippen LogP contribution in [0.1, 0.15) is 0 Å². The summed E-state index contributed by atoms with van der Waals surface area (Å²) in [5, 5.41) is 11.4. The monoisotopic (exact) mass is 272 g/mol. The number of methoxy groups -OCH3 is 1. The highest BCUT2D eigenvalue weighted by Crippen LogP contribution is 2.39. The number of ether oxygens (including phenoxy) is 2. The molecule has 98 valence electrons. The van der Waals surface area contributed by atoms with Crippen LogP contribution in [-0.4, -0.2) is 38.3 Å². The highest BCUT2D eigenvalue weighted by molar-refractivity contribution is 6.34. The summed E-state index contributed by atoms with van der Waals surface area (Å²) in [6, 6.07) is 2.97. The van der Waals surface area contributed by atoms with E-state index in [9.17, 15) is 10.1 Å². The molecule has 0 N–H and O–H groups in total. The number of anilines is 1. The molecular weight excluding hydrogens is 260 g/mol. The van der Waals surface area contributed by atoms with E-state index in [1.54, 1.807) is 6.07 Å². The molecule has 0 saturated carbocycles. The molecule has 0 bridgehead atoms. The van der Waals surface area contributed by atoms with E-state index in [0.717, 1.165) is 0 Å². The van der Waals surface area contributed by atoms with Crippen LogP contribution in [-0.2, 0) is 4.74 Å². The average molecular weight is 273 g/mol. The lowest BCUT2D eigenvalue weighted by Crippen LogP contribution is -2.36. The Bertz CT molecular complexity index is 461. The minimum absolute atomic E-state index is 0.0405. The largest absolute Gasteiger partial charge is 0.496 e. The molecule has 0 amide bonds. The van der Waals surface area contributed by atoms with Crippen molar-refractivity contribution in [1.82, 2.24) is 0 Å². The standard InChI is InChI=1S/C11H13ClN2O4/c1-17-8-6-9(12)11(10(7-8)14(15)16)13-2-4-18-5-3-13/h6-7H,2-5H2,1H3. The highest BCUT2D eigenvalue weighted by Gasteiger charge is 2.25. The van der Waals surface area contributed by atoms with Gasteiger partial charge in [-0.15, -0.1) is 0 Å². The third kappa shape index (κ3) is 2.49. The number of hydrogen-bond donors (Lipinski definition) is 0. The van der Waals surface area contributed by atoms with Crippen LogP contribution >= 0.6 is 11.6 Å². The number of nitro groups is 1. The minimum Gasteiger partial charge on any atom is -0.496 e. The molecule has 2 rings (SSSR count). The van der Waals surface area contributed by atoms with Crippen LogP contribution < -0.4 is 9.64 Å². The summed E-state index contributed by atoms with van der Waals surface area (Å²) in [5.74, 6) is 0.378. The second kappa shape index (κ2) is 5.41. The molecule has 18 heavy (non-hydrogen) atoms. The maximum absolute atomic E-state index is 11.1. The maximum atomic E-state index is 11.1. The van der Waals surface area contributed by atoms with Gasteiger partial charge in [0.2, 0.25) is 0 Å². The molecular formula is C11H13ClN2O4. The summed E-state index contributed by atoms with van der Waals surface area (Å²) in [6.45, 7) is 2.26. The van der Waals surface area contributed by atoms with Gasteiger partial charge in [-0.3, -0.25) is 10.1 Å². The predicted octanol–water partition coefficient (Wildman–Crippen LogP) is 2.09. The number of rotatable bonds is 3. The van der Waals surface area contributed by atoms with Crippen molar-refractivity contribution in [2.24, 2.45) is 0 Å². The maximum Gasteiger partial charge on any atom is 0.297 e. The lowest BCUT2D eigenvalue weighted by molar-refractivity contribution is -0.384. The van der Waals surface area contributed by atoms with Crippen molar-refractivity contribution in [2.75, 3.05) is 38.3 Å². The first kappa shape index (κ1) is 12.9. The van der Waals surface area contributed by atoms with E-state index >= 15 is 0 Å². The first-order valence-corrected chi connectivity index (χ1v) is 5.86. The Labute approximate surface area is 109 Å². The summed E-state index contributed by atoms with van der Waals surface area (Å²) in [4.78, 5) is 12.5. The van der Waals surface area contributed by atoms with Crippen LogP contribution in [0.5, 0.6) is 5.75 Å². The topological polar surface area (TPSA) is 64.8 Å². The number of halogens is 1. The zero-order valence-electron chi connectivity index (χ0n) is 9.89. The number of nitrogens with zero attached hydrogens (tertiary/aromatic N) is 2. The van der Waals surface area contributed by atoms with Crippen molar-refractivity contribution in [3.63, 3.8) is 0 Å². The van der Waals surface area contributed by atoms with Crippen molar-refractivity contribution >= 4 is 23.0 Å². The van der Waals surface area contributed by atoms with Gasteiger partial charge in [0, 0.05) is 19.2 Å². The van der Waals surface area contributed by atoms with E-state index in [-0.39, 0.29) is 5.69 Å². The van der Waals surface area contributed by atoms with E-state index in [4.69, 9.17) is 21.1 Å². The minimum atomic E-state index is -0.445. The molecule has 0 aliphatic carbocycles. The smallest absolute Gasteiger partial charge is 0.297 e. The Morgan fingerprint density at radius 3 is 2.67 bits per heavy atom. The molecule has 0 unspecified atom stereocenters. The van der Waals surface area contributed by atoms with Crippen LogP contribution in [0.15, 0.2) is 12.1 Å². The van der Waals surface area contributed by atoms with E-state index < -0.39 is 4.92 Å². The zero-order valence-corrected chi connectivity index (χ0v) is 10.6. The third-order valence-corrected chi connectivity index (χ3v) is 3.06. The van der Waals surface area contributed by atoms with E-state index in [2.05, 4.69) is 0 Å². The molecule has 1 saturated heterocycles. The lowest BCUT2D eigenvalue weighted by Gasteiger charge is -2.29. The normalized spacial score (nSPS) is 15.6. The van der Waals surface area contributed by atoms with Gasteiger partial charge in [-0.25, -0.2) is 0 Å². The van der Waals surface area contributed by atoms with Crippen LogP contribution in [0.2, 0.25) is 5.02 Å². The number of morpholine rings is 1. The Morgan fingerprint density at radius 1 is 1.44 bits per heavy atom. The Kier molecular flexibility index (Phi) is 3.88. The van der Waals surface area contributed by atoms with Crippen LogP contribution in [0.3, 0.4) is 0 Å². The van der Waals surface area contributed by atoms with Crippen molar-refractivity contribution in [2.45, 2.75) is 0 Å². The van der Waals surface area contributed by atoms with Crippen molar-refractivity contribution in [1.29, 1.82) is 0 Å². The molecule has 1 aliphatic heterocycles. The summed E-state index contributed by atoms with van der Waals surface area (Å²) >= 11 is 6.12. The van der Waals surface area contributed by atoms with Gasteiger partial charge >= 0.3 is 0 Å². The summed E-state index contributed by atoms with van der Waals surface area (Å²) in [6.07, 6.45) is 0. The summed E-state index contributed by atoms with van der Waals surface area (Å²) < 4.78 is 10.2. The lowest BCUT2D eigenvalue weighted by atomic mass is 10.2. The molecule has 7 heteroatoms. The Hall–Kier alpha value is -1.53.